The second kappa shape index (κ2) is 5.43. The van der Waals surface area contributed by atoms with Crippen LogP contribution in [0.5, 0.6) is 0 Å². The average Bonchev–Trinajstić information content (AvgIpc) is 2.29. The second-order valence-electron chi connectivity index (χ2n) is 4.91. The monoisotopic (exact) mass is 232 g/mol. The van der Waals surface area contributed by atoms with Crippen molar-refractivity contribution in [2.24, 2.45) is 0 Å². The van der Waals surface area contributed by atoms with Crippen LogP contribution in [-0.2, 0) is 0 Å². The molecular weight excluding hydrogens is 212 g/mol. The van der Waals surface area contributed by atoms with Gasteiger partial charge in [-0.25, -0.2) is 0 Å². The Morgan fingerprint density at radius 3 is 3.06 bits per heavy atom. The molecule has 1 heterocycles. The number of likely N-dealkylation sites (N-methyl/N-ethyl adjacent to an activating group) is 1. The topological polar surface area (TPSA) is 32.3 Å². The minimum Gasteiger partial charge on any atom is -0.311 e. The number of Topliss-reactive ketones (excluding diaryl/α,β-unsaturated/α-hetero) is 1. The van der Waals surface area contributed by atoms with Gasteiger partial charge in [-0.3, -0.25) is 4.79 Å². The molecule has 0 saturated carbocycles. The Morgan fingerprint density at radius 2 is 2.35 bits per heavy atom. The van der Waals surface area contributed by atoms with Gasteiger partial charge in [0.1, 0.15) is 0 Å². The van der Waals surface area contributed by atoms with Gasteiger partial charge in [0.15, 0.2) is 5.78 Å². The third kappa shape index (κ3) is 3.38. The van der Waals surface area contributed by atoms with Crippen molar-refractivity contribution < 1.29 is 4.79 Å². The number of benzene rings is 1. The van der Waals surface area contributed by atoms with Crippen LogP contribution in [0.2, 0.25) is 0 Å². The molecule has 2 rings (SSSR count). The highest BCUT2D eigenvalue weighted by molar-refractivity contribution is 5.96. The summed E-state index contributed by atoms with van der Waals surface area (Å²) in [5.41, 5.74) is 1.98. The predicted molar refractivity (Wildman–Crippen MR) is 69.4 cm³/mol. The van der Waals surface area contributed by atoms with Gasteiger partial charge in [0, 0.05) is 37.7 Å². The van der Waals surface area contributed by atoms with Gasteiger partial charge < -0.3 is 10.2 Å². The lowest BCUT2D eigenvalue weighted by atomic mass is 10.0. The van der Waals surface area contributed by atoms with E-state index in [-0.39, 0.29) is 5.78 Å². The van der Waals surface area contributed by atoms with Crippen LogP contribution < -0.4 is 5.32 Å². The molecule has 1 atom stereocenters. The number of hydrogen-bond acceptors (Lipinski definition) is 3. The first kappa shape index (κ1) is 12.3. The molecule has 1 saturated heterocycles. The van der Waals surface area contributed by atoms with E-state index in [1.807, 2.05) is 31.2 Å². The third-order valence-electron chi connectivity index (χ3n) is 3.23. The van der Waals surface area contributed by atoms with Crippen LogP contribution >= 0.6 is 0 Å². The Bertz CT molecular complexity index is 403. The summed E-state index contributed by atoms with van der Waals surface area (Å²) < 4.78 is 0. The quantitative estimate of drug-likeness (QED) is 0.801. The van der Waals surface area contributed by atoms with Crippen LogP contribution in [0.1, 0.15) is 22.3 Å². The van der Waals surface area contributed by atoms with E-state index in [1.165, 1.54) is 0 Å². The number of rotatable bonds is 3. The van der Waals surface area contributed by atoms with Crippen molar-refractivity contribution in [3.8, 4) is 0 Å². The lowest BCUT2D eigenvalue weighted by Gasteiger charge is -2.30. The Balaban J connectivity index is 1.97. The lowest BCUT2D eigenvalue weighted by molar-refractivity contribution is 0.0952. The standard InChI is InChI=1S/C14H20N2O/c1-11-4-3-5-12(8-11)14(17)9-13-10-16(2)7-6-15-13/h3-5,8,13,15H,6-7,9-10H2,1-2H3. The smallest absolute Gasteiger partial charge is 0.164 e. The van der Waals surface area contributed by atoms with E-state index in [1.54, 1.807) is 0 Å². The second-order valence-corrected chi connectivity index (χ2v) is 4.91. The fraction of sp³-hybridized carbons (Fsp3) is 0.500. The van der Waals surface area contributed by atoms with E-state index in [0.717, 1.165) is 30.8 Å². The summed E-state index contributed by atoms with van der Waals surface area (Å²) in [7, 11) is 2.10. The maximum Gasteiger partial charge on any atom is 0.164 e. The van der Waals surface area contributed by atoms with Gasteiger partial charge >= 0.3 is 0 Å². The summed E-state index contributed by atoms with van der Waals surface area (Å²) in [5, 5.41) is 3.40. The molecular formula is C14H20N2O. The van der Waals surface area contributed by atoms with E-state index >= 15 is 0 Å². The molecule has 0 radical (unpaired) electrons. The highest BCUT2D eigenvalue weighted by Crippen LogP contribution is 2.10. The molecule has 1 aromatic carbocycles. The number of carbonyl (C=O) groups excluding carboxylic acids is 1. The molecule has 1 aliphatic rings. The molecule has 1 fully saturated rings. The lowest BCUT2D eigenvalue weighted by Crippen LogP contribution is -2.49. The van der Waals surface area contributed by atoms with Gasteiger partial charge in [-0.15, -0.1) is 0 Å². The van der Waals surface area contributed by atoms with Gasteiger partial charge in [-0.1, -0.05) is 23.8 Å². The Hall–Kier alpha value is -1.19. The molecule has 1 N–H and O–H groups in total. The van der Waals surface area contributed by atoms with Crippen molar-refractivity contribution >= 4 is 5.78 Å². The number of carbonyl (C=O) groups is 1. The van der Waals surface area contributed by atoms with Crippen molar-refractivity contribution in [3.63, 3.8) is 0 Å². The van der Waals surface area contributed by atoms with E-state index in [0.29, 0.717) is 12.5 Å². The van der Waals surface area contributed by atoms with E-state index < -0.39 is 0 Å². The van der Waals surface area contributed by atoms with Crippen molar-refractivity contribution in [1.82, 2.24) is 10.2 Å². The summed E-state index contributed by atoms with van der Waals surface area (Å²) in [4.78, 5) is 14.4. The molecule has 0 aromatic heterocycles. The number of aryl methyl sites for hydroxylation is 1. The van der Waals surface area contributed by atoms with E-state index in [4.69, 9.17) is 0 Å². The molecule has 3 heteroatoms. The number of hydrogen-bond donors (Lipinski definition) is 1. The molecule has 0 bridgehead atoms. The van der Waals surface area contributed by atoms with Crippen molar-refractivity contribution in [3.05, 3.63) is 35.4 Å². The minimum absolute atomic E-state index is 0.238. The molecule has 3 nitrogen and oxygen atoms in total. The Labute approximate surface area is 103 Å². The van der Waals surface area contributed by atoms with Gasteiger partial charge in [0.05, 0.1) is 0 Å². The van der Waals surface area contributed by atoms with Crippen LogP contribution in [0.4, 0.5) is 0 Å². The fourth-order valence-electron chi connectivity index (χ4n) is 2.29. The van der Waals surface area contributed by atoms with E-state index in [9.17, 15) is 4.79 Å². The first-order valence-corrected chi connectivity index (χ1v) is 6.17. The molecule has 1 unspecified atom stereocenters. The molecule has 0 amide bonds. The van der Waals surface area contributed by atoms with Crippen molar-refractivity contribution in [1.29, 1.82) is 0 Å². The third-order valence-corrected chi connectivity index (χ3v) is 3.23. The summed E-state index contributed by atoms with van der Waals surface area (Å²) in [6, 6.07) is 8.13. The van der Waals surface area contributed by atoms with Gasteiger partial charge in [-0.2, -0.15) is 0 Å². The first-order chi connectivity index (χ1) is 8.15. The van der Waals surface area contributed by atoms with Crippen LogP contribution in [-0.4, -0.2) is 43.4 Å². The zero-order valence-corrected chi connectivity index (χ0v) is 10.6. The summed E-state index contributed by atoms with van der Waals surface area (Å²) >= 11 is 0. The number of piperazine rings is 1. The summed E-state index contributed by atoms with van der Waals surface area (Å²) in [6.07, 6.45) is 0.591. The van der Waals surface area contributed by atoms with E-state index in [2.05, 4.69) is 17.3 Å². The zero-order chi connectivity index (χ0) is 12.3. The predicted octanol–water partition coefficient (Wildman–Crippen LogP) is 1.47. The maximum atomic E-state index is 12.1. The fourth-order valence-corrected chi connectivity index (χ4v) is 2.29. The zero-order valence-electron chi connectivity index (χ0n) is 10.6. The Morgan fingerprint density at radius 1 is 1.53 bits per heavy atom. The molecule has 1 aliphatic heterocycles. The normalized spacial score (nSPS) is 21.4. The number of nitrogens with zero attached hydrogens (tertiary/aromatic N) is 1. The van der Waals surface area contributed by atoms with Crippen LogP contribution in [0, 0.1) is 6.92 Å². The maximum absolute atomic E-state index is 12.1. The molecule has 1 aromatic rings. The van der Waals surface area contributed by atoms with Gasteiger partial charge in [0.25, 0.3) is 0 Å². The highest BCUT2D eigenvalue weighted by Gasteiger charge is 2.19. The highest BCUT2D eigenvalue weighted by atomic mass is 16.1. The van der Waals surface area contributed by atoms with Gasteiger partial charge in [-0.05, 0) is 20.0 Å². The SMILES string of the molecule is Cc1cccc(C(=O)CC2CN(C)CCN2)c1. The molecule has 0 spiro atoms. The molecule has 17 heavy (non-hydrogen) atoms. The average molecular weight is 232 g/mol. The molecule has 0 aliphatic carbocycles. The minimum atomic E-state index is 0.238. The van der Waals surface area contributed by atoms with Crippen molar-refractivity contribution in [2.75, 3.05) is 26.7 Å². The largest absolute Gasteiger partial charge is 0.311 e. The summed E-state index contributed by atoms with van der Waals surface area (Å²) in [6.45, 7) is 5.01. The molecule has 92 valence electrons. The Kier molecular flexibility index (Phi) is 3.92. The van der Waals surface area contributed by atoms with Gasteiger partial charge in [0.2, 0.25) is 0 Å². The van der Waals surface area contributed by atoms with Crippen molar-refractivity contribution in [2.45, 2.75) is 19.4 Å². The number of nitrogens with one attached hydrogen (secondary N) is 1. The summed E-state index contributed by atoms with van der Waals surface area (Å²) in [5.74, 6) is 0.238. The van der Waals surface area contributed by atoms with Crippen LogP contribution in [0.15, 0.2) is 24.3 Å². The van der Waals surface area contributed by atoms with Crippen LogP contribution in [0.3, 0.4) is 0 Å². The first-order valence-electron chi connectivity index (χ1n) is 6.17. The van der Waals surface area contributed by atoms with Crippen LogP contribution in [0.25, 0.3) is 0 Å². The number of ketones is 1.